The number of aliphatic carboxylic acids is 5. The van der Waals surface area contributed by atoms with Crippen molar-refractivity contribution in [3.63, 3.8) is 0 Å². The third kappa shape index (κ3) is 19.8. The molecule has 14 nitrogen and oxygen atoms in total. The molecule has 1 rings (SSSR count). The Morgan fingerprint density at radius 1 is 0.700 bits per heavy atom. The quantitative estimate of drug-likeness (QED) is 0.123. The number of carbonyl (C=O) groups excluding carboxylic acids is 5. The predicted octanol–water partition coefficient (Wildman–Crippen LogP) is -13.3. The molecule has 0 aromatic heterocycles. The first kappa shape index (κ1) is 43.2. The summed E-state index contributed by atoms with van der Waals surface area (Å²) >= 11 is 0. The molecule has 1 unspecified atom stereocenters. The molecule has 17 heteroatoms. The van der Waals surface area contributed by atoms with E-state index < -0.39 is 68.6 Å². The molecule has 0 aliphatic rings. The largest absolute Gasteiger partial charge is 3.00 e. The van der Waals surface area contributed by atoms with Crippen molar-refractivity contribution in [2.24, 2.45) is 0 Å². The summed E-state index contributed by atoms with van der Waals surface area (Å²) in [5, 5.41) is 55.9. The van der Waals surface area contributed by atoms with Crippen LogP contribution in [0.3, 0.4) is 0 Å². The Morgan fingerprint density at radius 2 is 1.10 bits per heavy atom. The van der Waals surface area contributed by atoms with Gasteiger partial charge in [0.15, 0.2) is 0 Å². The summed E-state index contributed by atoms with van der Waals surface area (Å²) in [6, 6.07) is 5.80. The predicted molar refractivity (Wildman–Crippen MR) is 115 cm³/mol. The van der Waals surface area contributed by atoms with Gasteiger partial charge in [-0.3, -0.25) is 14.7 Å². The zero-order valence-corrected chi connectivity index (χ0v) is 27.7. The minimum atomic E-state index is -1.57. The van der Waals surface area contributed by atoms with Crippen molar-refractivity contribution in [1.82, 2.24) is 14.7 Å². The molecule has 1 aromatic carbocycles. The number of nitrogens with zero attached hydrogens (tertiary/aromatic N) is 3. The van der Waals surface area contributed by atoms with E-state index in [0.29, 0.717) is 17.9 Å². The van der Waals surface area contributed by atoms with E-state index in [1.54, 1.807) is 31.2 Å². The van der Waals surface area contributed by atoms with Crippen LogP contribution < -0.4 is 89.4 Å². The molecule has 1 aromatic rings. The van der Waals surface area contributed by atoms with Crippen molar-refractivity contribution >= 4 is 29.8 Å². The smallest absolute Gasteiger partial charge is 0.549 e. The molecule has 0 heterocycles. The van der Waals surface area contributed by atoms with E-state index in [2.05, 4.69) is 0 Å². The number of rotatable bonds is 20. The summed E-state index contributed by atoms with van der Waals surface area (Å²) in [7, 11) is 0. The Kier molecular flexibility index (Phi) is 25.2. The molecule has 0 bridgehead atoms. The number of hydrogen-bond acceptors (Lipinski definition) is 14. The van der Waals surface area contributed by atoms with Crippen LogP contribution in [0.25, 0.3) is 0 Å². The summed E-state index contributed by atoms with van der Waals surface area (Å²) in [6.07, 6.45) is 0.0817. The van der Waals surface area contributed by atoms with Crippen molar-refractivity contribution in [3.8, 4) is 5.75 Å². The fourth-order valence-corrected chi connectivity index (χ4v) is 3.69. The fourth-order valence-electron chi connectivity index (χ4n) is 3.69. The molecule has 0 fully saturated rings. The molecule has 0 amide bonds. The summed E-state index contributed by atoms with van der Waals surface area (Å²) in [5.41, 5.74) is 0.652. The Labute approximate surface area is 286 Å². The molecular weight excluding hydrogens is 596 g/mol. The number of hydrogen-bond donors (Lipinski definition) is 0. The van der Waals surface area contributed by atoms with Crippen molar-refractivity contribution in [2.45, 2.75) is 19.4 Å². The molecule has 0 N–H and O–H groups in total. The molecule has 40 heavy (non-hydrogen) atoms. The zero-order valence-electron chi connectivity index (χ0n) is 22.6. The number of benzene rings is 1. The topological polar surface area (TPSA) is 220 Å². The molecular formula is C23H28FeN3Na2O11. The first-order valence-corrected chi connectivity index (χ1v) is 11.3. The Bertz CT molecular complexity index is 909. The van der Waals surface area contributed by atoms with Crippen LogP contribution in [0.2, 0.25) is 0 Å². The molecule has 211 valence electrons. The van der Waals surface area contributed by atoms with Gasteiger partial charge in [0.1, 0.15) is 5.75 Å². The Balaban J connectivity index is -0.00000456. The monoisotopic (exact) mass is 624 g/mol. The fraction of sp³-hybridized carbons (Fsp3) is 0.522. The summed E-state index contributed by atoms with van der Waals surface area (Å²) in [6.45, 7) is -2.18. The summed E-state index contributed by atoms with van der Waals surface area (Å²) in [5.74, 6) is -7.21. The van der Waals surface area contributed by atoms with Crippen molar-refractivity contribution in [1.29, 1.82) is 0 Å². The molecule has 1 atom stereocenters. The van der Waals surface area contributed by atoms with Gasteiger partial charge < -0.3 is 54.2 Å². The second-order valence-electron chi connectivity index (χ2n) is 8.15. The van der Waals surface area contributed by atoms with E-state index in [1.165, 1.54) is 4.90 Å². The minimum absolute atomic E-state index is 0. The van der Waals surface area contributed by atoms with Gasteiger partial charge in [-0.2, -0.15) is 0 Å². The van der Waals surface area contributed by atoms with Crippen LogP contribution in [-0.4, -0.2) is 110 Å². The average molecular weight is 624 g/mol. The van der Waals surface area contributed by atoms with Gasteiger partial charge in [0, 0.05) is 58.4 Å². The van der Waals surface area contributed by atoms with E-state index in [4.69, 9.17) is 4.74 Å². The Hall–Kier alpha value is -1.23. The van der Waals surface area contributed by atoms with Gasteiger partial charge in [0.25, 0.3) is 0 Å². The van der Waals surface area contributed by atoms with Crippen LogP contribution in [0.4, 0.5) is 0 Å². The van der Waals surface area contributed by atoms with Crippen LogP contribution in [0, 0.1) is 0 Å². The third-order valence-electron chi connectivity index (χ3n) is 5.15. The molecule has 0 aliphatic carbocycles. The maximum absolute atomic E-state index is 11.4. The van der Waals surface area contributed by atoms with Gasteiger partial charge in [-0.15, -0.1) is 0 Å². The second-order valence-corrected chi connectivity index (χ2v) is 8.15. The van der Waals surface area contributed by atoms with E-state index >= 15 is 0 Å². The first-order chi connectivity index (χ1) is 17.4. The van der Waals surface area contributed by atoms with Crippen LogP contribution in [-0.2, 0) is 47.5 Å². The molecule has 0 aliphatic heterocycles. The van der Waals surface area contributed by atoms with Crippen LogP contribution >= 0.6 is 0 Å². The van der Waals surface area contributed by atoms with Gasteiger partial charge in [0.05, 0.1) is 36.5 Å². The number of carboxylic acid groups (broad SMARTS) is 5. The molecule has 0 spiro atoms. The SMILES string of the molecule is CCOc1ccc(CC(CN(CCN(CC(=O)[O-])CC(=O)[O-])CC(=O)[O-])N(CC(=O)[O-])CC(=O)[O-])cc1.[Fe+3].[Na+].[Na+]. The molecule has 0 saturated heterocycles. The first-order valence-electron chi connectivity index (χ1n) is 11.3. The van der Waals surface area contributed by atoms with Crippen molar-refractivity contribution in [3.05, 3.63) is 29.8 Å². The third-order valence-corrected chi connectivity index (χ3v) is 5.15. The maximum Gasteiger partial charge on any atom is 3.00 e. The van der Waals surface area contributed by atoms with E-state index in [1.807, 2.05) is 0 Å². The van der Waals surface area contributed by atoms with E-state index in [9.17, 15) is 49.5 Å². The average Bonchev–Trinajstić information content (AvgIpc) is 2.76. The zero-order chi connectivity index (χ0) is 28.0. The van der Waals surface area contributed by atoms with Gasteiger partial charge in [0.2, 0.25) is 0 Å². The normalized spacial score (nSPS) is 11.1. The standard InChI is InChI=1S/C23H33N3O11.Fe.2Na/c1-2-37-18-5-3-16(4-6-18)9-17(26(14-22(33)34)15-23(35)36)10-24(11-19(27)28)7-8-25(12-20(29)30)13-21(31)32;;;/h3-6,17H,2,7-15H2,1H3,(H,27,28)(H,29,30)(H,31,32)(H,33,34)(H,35,36);;;/q;+3;2*+1/p-5. The van der Waals surface area contributed by atoms with Gasteiger partial charge >= 0.3 is 76.2 Å². The van der Waals surface area contributed by atoms with Crippen LogP contribution in [0.15, 0.2) is 24.3 Å². The van der Waals surface area contributed by atoms with Crippen LogP contribution in [0.1, 0.15) is 12.5 Å². The Morgan fingerprint density at radius 3 is 1.50 bits per heavy atom. The minimum Gasteiger partial charge on any atom is -0.549 e. The second kappa shape index (κ2) is 23.3. The molecule has 0 saturated carbocycles. The maximum atomic E-state index is 11.4. The number of ether oxygens (including phenoxy) is 1. The van der Waals surface area contributed by atoms with Crippen molar-refractivity contribution in [2.75, 3.05) is 59.0 Å². The van der Waals surface area contributed by atoms with Gasteiger partial charge in [-0.05, 0) is 31.0 Å². The summed E-state index contributed by atoms with van der Waals surface area (Å²) in [4.78, 5) is 59.1. The van der Waals surface area contributed by atoms with E-state index in [0.717, 1.165) is 9.80 Å². The van der Waals surface area contributed by atoms with Crippen LogP contribution in [0.5, 0.6) is 5.75 Å². The number of carboxylic acids is 5. The summed E-state index contributed by atoms with van der Waals surface area (Å²) < 4.78 is 5.38. The molecule has 1 radical (unpaired) electrons. The van der Waals surface area contributed by atoms with Gasteiger partial charge in [-0.25, -0.2) is 0 Å². The number of carbonyl (C=O) groups is 5. The van der Waals surface area contributed by atoms with E-state index in [-0.39, 0.29) is 102 Å². The van der Waals surface area contributed by atoms with Gasteiger partial charge in [-0.1, -0.05) is 12.1 Å². The van der Waals surface area contributed by atoms with Crippen molar-refractivity contribution < 1.29 is 130 Å².